The van der Waals surface area contributed by atoms with Gasteiger partial charge < -0.3 is 20.9 Å². The Morgan fingerprint density at radius 3 is 2.68 bits per heavy atom. The fraction of sp³-hybridized carbons (Fsp3) is 0.846. The monoisotopic (exact) mass is 270 g/mol. The minimum atomic E-state index is -0.765. The van der Waals surface area contributed by atoms with Crippen LogP contribution in [0.1, 0.15) is 38.5 Å². The molecule has 1 heterocycles. The van der Waals surface area contributed by atoms with Crippen molar-refractivity contribution >= 4 is 11.9 Å². The van der Waals surface area contributed by atoms with Crippen LogP contribution in [0, 0.1) is 5.92 Å². The summed E-state index contributed by atoms with van der Waals surface area (Å²) in [6, 6.07) is -0.0390. The van der Waals surface area contributed by atoms with Gasteiger partial charge in [0.05, 0.1) is 12.0 Å². The van der Waals surface area contributed by atoms with E-state index in [0.29, 0.717) is 25.8 Å². The highest BCUT2D eigenvalue weighted by atomic mass is 16.5. The molecule has 4 atom stereocenters. The molecule has 108 valence electrons. The van der Waals surface area contributed by atoms with E-state index >= 15 is 0 Å². The van der Waals surface area contributed by atoms with E-state index in [1.54, 1.807) is 0 Å². The lowest BCUT2D eigenvalue weighted by atomic mass is 9.85. The van der Waals surface area contributed by atoms with Gasteiger partial charge in [0, 0.05) is 12.6 Å². The zero-order valence-corrected chi connectivity index (χ0v) is 11.0. The van der Waals surface area contributed by atoms with Crippen LogP contribution in [0.4, 0.5) is 0 Å². The third-order valence-corrected chi connectivity index (χ3v) is 4.03. The predicted molar refractivity (Wildman–Crippen MR) is 68.5 cm³/mol. The van der Waals surface area contributed by atoms with E-state index in [1.807, 2.05) is 0 Å². The minimum absolute atomic E-state index is 0.0196. The van der Waals surface area contributed by atoms with Crippen molar-refractivity contribution in [3.8, 4) is 0 Å². The van der Waals surface area contributed by atoms with E-state index in [-0.39, 0.29) is 24.0 Å². The summed E-state index contributed by atoms with van der Waals surface area (Å²) < 4.78 is 5.53. The van der Waals surface area contributed by atoms with Crippen molar-refractivity contribution in [3.05, 3.63) is 0 Å². The topological polar surface area (TPSA) is 102 Å². The molecule has 0 aromatic heterocycles. The second-order valence-electron chi connectivity index (χ2n) is 5.47. The summed E-state index contributed by atoms with van der Waals surface area (Å²) in [7, 11) is 0. The van der Waals surface area contributed by atoms with Crippen molar-refractivity contribution < 1.29 is 19.4 Å². The number of carboxylic acid groups (broad SMARTS) is 1. The fourth-order valence-corrected chi connectivity index (χ4v) is 2.91. The first-order valence-corrected chi connectivity index (χ1v) is 6.99. The second-order valence-corrected chi connectivity index (χ2v) is 5.47. The first kappa shape index (κ1) is 14.3. The molecule has 0 bridgehead atoms. The third-order valence-electron chi connectivity index (χ3n) is 4.03. The molecule has 4 unspecified atom stereocenters. The molecular weight excluding hydrogens is 248 g/mol. The molecule has 2 fully saturated rings. The summed E-state index contributed by atoms with van der Waals surface area (Å²) in [5.41, 5.74) is 5.51. The highest BCUT2D eigenvalue weighted by Crippen LogP contribution is 2.25. The number of nitrogens with one attached hydrogen (secondary N) is 1. The molecule has 1 aliphatic carbocycles. The zero-order valence-electron chi connectivity index (χ0n) is 11.0. The predicted octanol–water partition coefficient (Wildman–Crippen LogP) is 0.252. The summed E-state index contributed by atoms with van der Waals surface area (Å²) >= 11 is 0. The average molecular weight is 270 g/mol. The van der Waals surface area contributed by atoms with Gasteiger partial charge in [0.1, 0.15) is 6.10 Å². The van der Waals surface area contributed by atoms with Crippen LogP contribution in [0.2, 0.25) is 0 Å². The summed E-state index contributed by atoms with van der Waals surface area (Å²) in [5.74, 6) is -1.22. The molecule has 2 aliphatic rings. The van der Waals surface area contributed by atoms with Gasteiger partial charge in [-0.05, 0) is 32.1 Å². The van der Waals surface area contributed by atoms with Gasteiger partial charge in [-0.2, -0.15) is 0 Å². The number of hydrogen-bond acceptors (Lipinski definition) is 4. The van der Waals surface area contributed by atoms with E-state index in [0.717, 1.165) is 19.3 Å². The minimum Gasteiger partial charge on any atom is -0.481 e. The molecule has 1 amide bonds. The highest BCUT2D eigenvalue weighted by molar-refractivity contribution is 5.81. The standard InChI is InChI=1S/C13H22N2O4/c14-7-10-4-5-11(19-10)12(16)15-9-3-1-2-8(6-9)13(17)18/h8-11H,1-7,14H2,(H,15,16)(H,17,18). The molecule has 0 aromatic carbocycles. The van der Waals surface area contributed by atoms with Crippen molar-refractivity contribution in [2.75, 3.05) is 6.54 Å². The Hall–Kier alpha value is -1.14. The molecule has 0 spiro atoms. The van der Waals surface area contributed by atoms with E-state index in [4.69, 9.17) is 15.6 Å². The first-order chi connectivity index (χ1) is 9.10. The zero-order chi connectivity index (χ0) is 13.8. The molecule has 4 N–H and O–H groups in total. The number of amides is 1. The summed E-state index contributed by atoms with van der Waals surface area (Å²) in [6.07, 6.45) is 4.00. The lowest BCUT2D eigenvalue weighted by Gasteiger charge is -2.28. The number of carboxylic acids is 1. The number of hydrogen-bond donors (Lipinski definition) is 3. The molecule has 1 saturated heterocycles. The Labute approximate surface area is 112 Å². The molecule has 2 rings (SSSR count). The van der Waals surface area contributed by atoms with Crippen LogP contribution in [0.15, 0.2) is 0 Å². The summed E-state index contributed by atoms with van der Waals surface area (Å²) in [6.45, 7) is 0.439. The number of rotatable bonds is 4. The largest absolute Gasteiger partial charge is 0.481 e. The first-order valence-electron chi connectivity index (χ1n) is 6.99. The van der Waals surface area contributed by atoms with Gasteiger partial charge in [-0.25, -0.2) is 0 Å². The van der Waals surface area contributed by atoms with Crippen molar-refractivity contribution in [2.24, 2.45) is 11.7 Å². The average Bonchev–Trinajstić information content (AvgIpc) is 2.88. The van der Waals surface area contributed by atoms with Crippen molar-refractivity contribution in [1.82, 2.24) is 5.32 Å². The van der Waals surface area contributed by atoms with Crippen LogP contribution in [-0.2, 0) is 14.3 Å². The Balaban J connectivity index is 1.80. The number of aliphatic carboxylic acids is 1. The van der Waals surface area contributed by atoms with Crippen LogP contribution >= 0.6 is 0 Å². The molecule has 6 nitrogen and oxygen atoms in total. The van der Waals surface area contributed by atoms with E-state index in [1.165, 1.54) is 0 Å². The summed E-state index contributed by atoms with van der Waals surface area (Å²) in [5, 5.41) is 11.9. The van der Waals surface area contributed by atoms with Gasteiger partial charge in [-0.1, -0.05) is 6.42 Å². The Bertz CT molecular complexity index is 348. The van der Waals surface area contributed by atoms with E-state index in [9.17, 15) is 9.59 Å². The maximum atomic E-state index is 12.0. The van der Waals surface area contributed by atoms with Gasteiger partial charge in [-0.15, -0.1) is 0 Å². The fourth-order valence-electron chi connectivity index (χ4n) is 2.91. The van der Waals surface area contributed by atoms with E-state index < -0.39 is 12.1 Å². The van der Waals surface area contributed by atoms with Crippen molar-refractivity contribution in [3.63, 3.8) is 0 Å². The van der Waals surface area contributed by atoms with Crippen LogP contribution in [-0.4, -0.2) is 41.8 Å². The molecule has 1 saturated carbocycles. The highest BCUT2D eigenvalue weighted by Gasteiger charge is 2.33. The maximum absolute atomic E-state index is 12.0. The SMILES string of the molecule is NCC1CCC(C(=O)NC2CCCC(C(=O)O)C2)O1. The second kappa shape index (κ2) is 6.34. The van der Waals surface area contributed by atoms with Crippen LogP contribution in [0.25, 0.3) is 0 Å². The third kappa shape index (κ3) is 3.67. The molecule has 1 aliphatic heterocycles. The molecule has 6 heteroatoms. The molecule has 0 aromatic rings. The number of carbonyl (C=O) groups is 2. The summed E-state index contributed by atoms with van der Waals surface area (Å²) in [4.78, 5) is 23.0. The smallest absolute Gasteiger partial charge is 0.306 e. The van der Waals surface area contributed by atoms with E-state index in [2.05, 4.69) is 5.32 Å². The lowest BCUT2D eigenvalue weighted by Crippen LogP contribution is -2.44. The van der Waals surface area contributed by atoms with Gasteiger partial charge >= 0.3 is 5.97 Å². The normalized spacial score (nSPS) is 35.0. The Morgan fingerprint density at radius 2 is 2.05 bits per heavy atom. The molecular formula is C13H22N2O4. The van der Waals surface area contributed by atoms with Crippen molar-refractivity contribution in [2.45, 2.75) is 56.8 Å². The van der Waals surface area contributed by atoms with Crippen molar-refractivity contribution in [1.29, 1.82) is 0 Å². The van der Waals surface area contributed by atoms with Crippen LogP contribution in [0.5, 0.6) is 0 Å². The molecule has 0 radical (unpaired) electrons. The maximum Gasteiger partial charge on any atom is 0.306 e. The van der Waals surface area contributed by atoms with Gasteiger partial charge in [0.2, 0.25) is 5.91 Å². The van der Waals surface area contributed by atoms with Gasteiger partial charge in [-0.3, -0.25) is 9.59 Å². The van der Waals surface area contributed by atoms with Crippen LogP contribution in [0.3, 0.4) is 0 Å². The quantitative estimate of drug-likeness (QED) is 0.680. The Morgan fingerprint density at radius 1 is 1.26 bits per heavy atom. The number of carbonyl (C=O) groups excluding carboxylic acids is 1. The lowest BCUT2D eigenvalue weighted by molar-refractivity contribution is -0.144. The molecule has 19 heavy (non-hydrogen) atoms. The number of ether oxygens (including phenoxy) is 1. The van der Waals surface area contributed by atoms with Crippen LogP contribution < -0.4 is 11.1 Å². The van der Waals surface area contributed by atoms with Gasteiger partial charge in [0.15, 0.2) is 0 Å². The van der Waals surface area contributed by atoms with Gasteiger partial charge in [0.25, 0.3) is 0 Å². The Kier molecular flexibility index (Phi) is 4.76. The number of nitrogens with two attached hydrogens (primary N) is 1.